The van der Waals surface area contributed by atoms with Crippen LogP contribution in [0.1, 0.15) is 36.3 Å². The standard InChI is InChI=1S/C19H27N3O2/c1-13-6-4-5-7-15(13)16-12-17(16)21-19(20-2)22-10-8-14(9-11-22)18(23)24-3/h4-7,14,16-17H,8-12H2,1-3H3,(H,20,21). The van der Waals surface area contributed by atoms with E-state index in [1.54, 1.807) is 0 Å². The first-order valence-corrected chi connectivity index (χ1v) is 8.75. The highest BCUT2D eigenvalue weighted by Gasteiger charge is 2.40. The minimum atomic E-state index is -0.0839. The molecule has 0 spiro atoms. The number of likely N-dealkylation sites (tertiary alicyclic amines) is 1. The van der Waals surface area contributed by atoms with Crippen molar-refractivity contribution in [2.24, 2.45) is 10.9 Å². The van der Waals surface area contributed by atoms with Gasteiger partial charge in [0.25, 0.3) is 0 Å². The van der Waals surface area contributed by atoms with Crippen LogP contribution in [0.3, 0.4) is 0 Å². The summed E-state index contributed by atoms with van der Waals surface area (Å²) < 4.78 is 4.86. The maximum Gasteiger partial charge on any atom is 0.308 e. The molecule has 2 unspecified atom stereocenters. The molecular weight excluding hydrogens is 302 g/mol. The molecule has 1 saturated heterocycles. The number of carbonyl (C=O) groups is 1. The lowest BCUT2D eigenvalue weighted by Gasteiger charge is -2.33. The van der Waals surface area contributed by atoms with Gasteiger partial charge in [0, 0.05) is 32.1 Å². The number of hydrogen-bond acceptors (Lipinski definition) is 3. The van der Waals surface area contributed by atoms with Crippen molar-refractivity contribution in [1.29, 1.82) is 0 Å². The Kier molecular flexibility index (Phi) is 5.07. The summed E-state index contributed by atoms with van der Waals surface area (Å²) in [7, 11) is 3.30. The lowest BCUT2D eigenvalue weighted by molar-refractivity contribution is -0.146. The van der Waals surface area contributed by atoms with Crippen molar-refractivity contribution >= 4 is 11.9 Å². The minimum absolute atomic E-state index is 0.0324. The van der Waals surface area contributed by atoms with Gasteiger partial charge in [0.05, 0.1) is 13.0 Å². The molecule has 1 heterocycles. The molecule has 2 aliphatic rings. The van der Waals surface area contributed by atoms with Gasteiger partial charge in [-0.05, 0) is 37.3 Å². The molecule has 0 bridgehead atoms. The average Bonchev–Trinajstić information content (AvgIpc) is 3.38. The molecule has 1 aliphatic carbocycles. The van der Waals surface area contributed by atoms with Crippen molar-refractivity contribution < 1.29 is 9.53 Å². The fraction of sp³-hybridized carbons (Fsp3) is 0.579. The lowest BCUT2D eigenvalue weighted by atomic mass is 9.97. The SMILES string of the molecule is CN=C(NC1CC1c1ccccc1C)N1CCC(C(=O)OC)CC1. The van der Waals surface area contributed by atoms with Crippen LogP contribution in [-0.2, 0) is 9.53 Å². The molecule has 130 valence electrons. The lowest BCUT2D eigenvalue weighted by Crippen LogP contribution is -2.47. The zero-order chi connectivity index (χ0) is 17.1. The number of ether oxygens (including phenoxy) is 1. The topological polar surface area (TPSA) is 53.9 Å². The predicted octanol–water partition coefficient (Wildman–Crippen LogP) is 2.31. The van der Waals surface area contributed by atoms with Crippen LogP contribution in [0.2, 0.25) is 0 Å². The zero-order valence-corrected chi connectivity index (χ0v) is 14.8. The molecule has 1 aliphatic heterocycles. The molecule has 0 amide bonds. The molecule has 3 rings (SSSR count). The Bertz CT molecular complexity index is 621. The second-order valence-corrected chi connectivity index (χ2v) is 6.78. The molecule has 5 heteroatoms. The van der Waals surface area contributed by atoms with Crippen LogP contribution in [0.4, 0.5) is 0 Å². The molecule has 2 atom stereocenters. The molecule has 24 heavy (non-hydrogen) atoms. The van der Waals surface area contributed by atoms with Crippen LogP contribution in [0, 0.1) is 12.8 Å². The van der Waals surface area contributed by atoms with E-state index in [1.165, 1.54) is 18.2 Å². The molecule has 0 aromatic heterocycles. The fourth-order valence-electron chi connectivity index (χ4n) is 3.66. The summed E-state index contributed by atoms with van der Waals surface area (Å²) in [6, 6.07) is 9.07. The molecule has 1 aromatic rings. The number of hydrogen-bond donors (Lipinski definition) is 1. The van der Waals surface area contributed by atoms with Gasteiger partial charge < -0.3 is 15.0 Å². The van der Waals surface area contributed by atoms with E-state index in [9.17, 15) is 4.79 Å². The summed E-state index contributed by atoms with van der Waals surface area (Å²) in [6.07, 6.45) is 2.82. The third-order valence-electron chi connectivity index (χ3n) is 5.23. The number of piperidine rings is 1. The number of carbonyl (C=O) groups excluding carboxylic acids is 1. The summed E-state index contributed by atoms with van der Waals surface area (Å²) in [4.78, 5) is 18.4. The number of nitrogens with zero attached hydrogens (tertiary/aromatic N) is 2. The van der Waals surface area contributed by atoms with Gasteiger partial charge in [0.1, 0.15) is 0 Å². The Morgan fingerprint density at radius 2 is 2.00 bits per heavy atom. The number of methoxy groups -OCH3 is 1. The maximum atomic E-state index is 11.6. The van der Waals surface area contributed by atoms with Crippen LogP contribution >= 0.6 is 0 Å². The predicted molar refractivity (Wildman–Crippen MR) is 95.1 cm³/mol. The van der Waals surface area contributed by atoms with Crippen molar-refractivity contribution in [3.63, 3.8) is 0 Å². The van der Waals surface area contributed by atoms with Gasteiger partial charge in [-0.25, -0.2) is 0 Å². The Balaban J connectivity index is 1.54. The number of aryl methyl sites for hydroxylation is 1. The van der Waals surface area contributed by atoms with E-state index in [2.05, 4.69) is 46.4 Å². The molecule has 0 radical (unpaired) electrons. The smallest absolute Gasteiger partial charge is 0.308 e. The van der Waals surface area contributed by atoms with E-state index in [-0.39, 0.29) is 11.9 Å². The van der Waals surface area contributed by atoms with E-state index in [0.29, 0.717) is 12.0 Å². The number of esters is 1. The number of benzene rings is 1. The van der Waals surface area contributed by atoms with Crippen molar-refractivity contribution in [1.82, 2.24) is 10.2 Å². The third kappa shape index (κ3) is 3.55. The van der Waals surface area contributed by atoms with Crippen LogP contribution in [0.25, 0.3) is 0 Å². The highest BCUT2D eigenvalue weighted by Crippen LogP contribution is 2.42. The summed E-state index contributed by atoms with van der Waals surface area (Å²) in [5, 5.41) is 3.60. The Morgan fingerprint density at radius 3 is 2.62 bits per heavy atom. The number of rotatable bonds is 3. The molecule has 1 N–H and O–H groups in total. The van der Waals surface area contributed by atoms with Gasteiger partial charge in [0.2, 0.25) is 0 Å². The van der Waals surface area contributed by atoms with Crippen LogP contribution < -0.4 is 5.32 Å². The second kappa shape index (κ2) is 7.24. The van der Waals surface area contributed by atoms with Crippen molar-refractivity contribution in [2.75, 3.05) is 27.2 Å². The summed E-state index contributed by atoms with van der Waals surface area (Å²) in [5.74, 6) is 1.49. The van der Waals surface area contributed by atoms with E-state index in [0.717, 1.165) is 38.3 Å². The highest BCUT2D eigenvalue weighted by molar-refractivity contribution is 5.81. The Morgan fingerprint density at radius 1 is 1.29 bits per heavy atom. The normalized spacial score (nSPS) is 24.6. The Labute approximate surface area is 144 Å². The van der Waals surface area contributed by atoms with E-state index < -0.39 is 0 Å². The first-order chi connectivity index (χ1) is 11.6. The Hall–Kier alpha value is -2.04. The maximum absolute atomic E-state index is 11.6. The van der Waals surface area contributed by atoms with Gasteiger partial charge in [-0.3, -0.25) is 9.79 Å². The number of nitrogens with one attached hydrogen (secondary N) is 1. The summed E-state index contributed by atoms with van der Waals surface area (Å²) in [6.45, 7) is 3.87. The van der Waals surface area contributed by atoms with Gasteiger partial charge in [-0.2, -0.15) is 0 Å². The van der Waals surface area contributed by atoms with Crippen LogP contribution in [-0.4, -0.2) is 50.1 Å². The average molecular weight is 329 g/mol. The first kappa shape index (κ1) is 16.8. The quantitative estimate of drug-likeness (QED) is 0.525. The fourth-order valence-corrected chi connectivity index (χ4v) is 3.66. The molecule has 2 fully saturated rings. The van der Waals surface area contributed by atoms with Crippen molar-refractivity contribution in [3.8, 4) is 0 Å². The van der Waals surface area contributed by atoms with Gasteiger partial charge in [-0.1, -0.05) is 24.3 Å². The van der Waals surface area contributed by atoms with Gasteiger partial charge in [0.15, 0.2) is 5.96 Å². The van der Waals surface area contributed by atoms with Crippen molar-refractivity contribution in [2.45, 2.75) is 38.1 Å². The van der Waals surface area contributed by atoms with Crippen molar-refractivity contribution in [3.05, 3.63) is 35.4 Å². The third-order valence-corrected chi connectivity index (χ3v) is 5.23. The molecule has 1 aromatic carbocycles. The van der Waals surface area contributed by atoms with Gasteiger partial charge in [-0.15, -0.1) is 0 Å². The first-order valence-electron chi connectivity index (χ1n) is 8.75. The molecule has 5 nitrogen and oxygen atoms in total. The van der Waals surface area contributed by atoms with E-state index in [4.69, 9.17) is 4.74 Å². The number of guanidine groups is 1. The highest BCUT2D eigenvalue weighted by atomic mass is 16.5. The zero-order valence-electron chi connectivity index (χ0n) is 14.8. The van der Waals surface area contributed by atoms with Crippen LogP contribution in [0.5, 0.6) is 0 Å². The van der Waals surface area contributed by atoms with Crippen LogP contribution in [0.15, 0.2) is 29.3 Å². The monoisotopic (exact) mass is 329 g/mol. The van der Waals surface area contributed by atoms with Gasteiger partial charge >= 0.3 is 5.97 Å². The minimum Gasteiger partial charge on any atom is -0.469 e. The number of aliphatic imine (C=N–C) groups is 1. The van der Waals surface area contributed by atoms with E-state index >= 15 is 0 Å². The molecule has 1 saturated carbocycles. The second-order valence-electron chi connectivity index (χ2n) is 6.78. The largest absolute Gasteiger partial charge is 0.469 e. The summed E-state index contributed by atoms with van der Waals surface area (Å²) >= 11 is 0. The summed E-state index contributed by atoms with van der Waals surface area (Å²) in [5.41, 5.74) is 2.80. The van der Waals surface area contributed by atoms with E-state index in [1.807, 2.05) is 7.05 Å². The molecular formula is C19H27N3O2.